The molecule has 5 nitrogen and oxygen atoms in total. The van der Waals surface area contributed by atoms with Gasteiger partial charge >= 0.3 is 0 Å². The molecule has 0 rings (SSSR count). The van der Waals surface area contributed by atoms with E-state index in [0.717, 1.165) is 25.7 Å². The minimum absolute atomic E-state index is 0.0430. The van der Waals surface area contributed by atoms with Crippen LogP contribution in [0.25, 0.3) is 0 Å². The minimum atomic E-state index is -0.743. The topological polar surface area (TPSA) is 89.8 Å². The highest BCUT2D eigenvalue weighted by Gasteiger charge is 2.21. The third kappa shape index (κ3) is 39.1. The van der Waals surface area contributed by atoms with E-state index in [1.165, 1.54) is 212 Å². The molecule has 0 aromatic carbocycles. The monoisotopic (exact) mass is 738 g/mol. The van der Waals surface area contributed by atoms with Gasteiger partial charge in [0.25, 0.3) is 0 Å². The van der Waals surface area contributed by atoms with Crippen LogP contribution < -0.4 is 5.32 Å². The van der Waals surface area contributed by atoms with E-state index < -0.39 is 18.2 Å². The fourth-order valence-corrected chi connectivity index (χ4v) is 7.76. The molecule has 0 aliphatic rings. The van der Waals surface area contributed by atoms with Crippen molar-refractivity contribution in [2.24, 2.45) is 0 Å². The summed E-state index contributed by atoms with van der Waals surface area (Å²) in [4.78, 5) is 12.5. The highest BCUT2D eigenvalue weighted by atomic mass is 16.3. The van der Waals surface area contributed by atoms with E-state index in [9.17, 15) is 20.1 Å². The van der Waals surface area contributed by atoms with Gasteiger partial charge in [0, 0.05) is 0 Å². The first-order valence-electron chi connectivity index (χ1n) is 23.8. The van der Waals surface area contributed by atoms with E-state index in [4.69, 9.17) is 0 Å². The number of hydrogen-bond donors (Lipinski definition) is 4. The number of carbonyl (C=O) groups is 1. The van der Waals surface area contributed by atoms with Gasteiger partial charge in [-0.15, -0.1) is 0 Å². The molecule has 52 heavy (non-hydrogen) atoms. The summed E-state index contributed by atoms with van der Waals surface area (Å²) in [6, 6.07) is -0.652. The molecule has 0 aliphatic heterocycles. The van der Waals surface area contributed by atoms with Crippen LogP contribution in [0.15, 0.2) is 0 Å². The van der Waals surface area contributed by atoms with Crippen LogP contribution in [0.1, 0.15) is 271 Å². The summed E-state index contributed by atoms with van der Waals surface area (Å²) < 4.78 is 0. The zero-order chi connectivity index (χ0) is 38.0. The summed E-state index contributed by atoms with van der Waals surface area (Å²) in [6.45, 7) is 4.28. The van der Waals surface area contributed by atoms with Crippen molar-refractivity contribution in [3.63, 3.8) is 0 Å². The molecule has 0 bridgehead atoms. The zero-order valence-electron chi connectivity index (χ0n) is 35.5. The van der Waals surface area contributed by atoms with Gasteiger partial charge in [-0.2, -0.15) is 0 Å². The Balaban J connectivity index is 3.51. The van der Waals surface area contributed by atoms with E-state index >= 15 is 0 Å². The zero-order valence-corrected chi connectivity index (χ0v) is 35.5. The molecule has 0 saturated carbocycles. The van der Waals surface area contributed by atoms with Crippen LogP contribution in [0.4, 0.5) is 0 Å². The van der Waals surface area contributed by atoms with Crippen LogP contribution in [0.5, 0.6) is 0 Å². The van der Waals surface area contributed by atoms with Crippen LogP contribution in [-0.2, 0) is 4.79 Å². The largest absolute Gasteiger partial charge is 0.394 e. The fourth-order valence-electron chi connectivity index (χ4n) is 7.76. The highest BCUT2D eigenvalue weighted by Crippen LogP contribution is 2.17. The third-order valence-corrected chi connectivity index (χ3v) is 11.4. The Kier molecular flexibility index (Phi) is 42.5. The summed E-state index contributed by atoms with van der Waals surface area (Å²) in [7, 11) is 0. The molecule has 312 valence electrons. The van der Waals surface area contributed by atoms with Crippen molar-refractivity contribution in [1.82, 2.24) is 5.32 Å². The first-order valence-corrected chi connectivity index (χ1v) is 23.8. The summed E-state index contributed by atoms with van der Waals surface area (Å²) >= 11 is 0. The average molecular weight is 738 g/mol. The lowest BCUT2D eigenvalue weighted by Gasteiger charge is -2.23. The molecule has 0 aliphatic carbocycles. The second-order valence-corrected chi connectivity index (χ2v) is 16.7. The number of nitrogens with one attached hydrogen (secondary N) is 1. The number of aliphatic hydroxyl groups excluding tert-OH is 3. The second kappa shape index (κ2) is 43.1. The van der Waals surface area contributed by atoms with Crippen molar-refractivity contribution in [3.8, 4) is 0 Å². The van der Waals surface area contributed by atoms with Crippen molar-refractivity contribution in [2.45, 2.75) is 289 Å². The maximum atomic E-state index is 12.5. The molecule has 0 heterocycles. The van der Waals surface area contributed by atoms with Crippen LogP contribution in [-0.4, -0.2) is 46.1 Å². The summed E-state index contributed by atoms with van der Waals surface area (Å²) in [5, 5.41) is 33.4. The molecule has 5 heteroatoms. The normalized spacial score (nSPS) is 13.4. The first kappa shape index (κ1) is 51.4. The van der Waals surface area contributed by atoms with Crippen LogP contribution in [0, 0.1) is 0 Å². The second-order valence-electron chi connectivity index (χ2n) is 16.7. The lowest BCUT2D eigenvalue weighted by molar-refractivity contribution is -0.125. The predicted molar refractivity (Wildman–Crippen MR) is 227 cm³/mol. The van der Waals surface area contributed by atoms with Gasteiger partial charge in [0.2, 0.25) is 5.91 Å². The average Bonchev–Trinajstić information content (AvgIpc) is 3.14. The quantitative estimate of drug-likeness (QED) is 0.0469. The van der Waals surface area contributed by atoms with Gasteiger partial charge in [0.05, 0.1) is 31.3 Å². The van der Waals surface area contributed by atoms with Crippen LogP contribution in [0.2, 0.25) is 0 Å². The number of carbonyl (C=O) groups excluding carboxylic acids is 1. The lowest BCUT2D eigenvalue weighted by Crippen LogP contribution is -2.46. The van der Waals surface area contributed by atoms with Crippen LogP contribution >= 0.6 is 0 Å². The third-order valence-electron chi connectivity index (χ3n) is 11.4. The van der Waals surface area contributed by atoms with Gasteiger partial charge in [-0.1, -0.05) is 251 Å². The summed E-state index contributed by atoms with van der Waals surface area (Å²) in [5.41, 5.74) is 0. The maximum absolute atomic E-state index is 12.5. The lowest BCUT2D eigenvalue weighted by atomic mass is 10.0. The Bertz CT molecular complexity index is 688. The predicted octanol–water partition coefficient (Wildman–Crippen LogP) is 13.8. The minimum Gasteiger partial charge on any atom is -0.394 e. The maximum Gasteiger partial charge on any atom is 0.222 e. The van der Waals surface area contributed by atoms with Crippen molar-refractivity contribution >= 4 is 5.91 Å². The number of aliphatic hydroxyl groups is 3. The molecule has 0 aromatic rings. The van der Waals surface area contributed by atoms with Crippen molar-refractivity contribution in [2.75, 3.05) is 6.61 Å². The molecule has 4 N–H and O–H groups in total. The van der Waals surface area contributed by atoms with Crippen molar-refractivity contribution in [1.29, 1.82) is 0 Å². The Morgan fingerprint density at radius 1 is 0.404 bits per heavy atom. The van der Waals surface area contributed by atoms with Gasteiger partial charge < -0.3 is 20.6 Å². The van der Waals surface area contributed by atoms with E-state index in [1.54, 1.807) is 0 Å². The van der Waals surface area contributed by atoms with Crippen LogP contribution in [0.3, 0.4) is 0 Å². The Labute approximate surface area is 326 Å². The SMILES string of the molecule is CCCCCCCCCCCCCCCCCCCCCCCCCCC(O)CC(=O)NC(CO)C(O)CCCCCCCCCCCCCCC. The molecule has 3 atom stereocenters. The molecule has 0 radical (unpaired) electrons. The van der Waals surface area contributed by atoms with Gasteiger partial charge in [-0.3, -0.25) is 4.79 Å². The molecule has 0 aromatic heterocycles. The van der Waals surface area contributed by atoms with Gasteiger partial charge in [0.1, 0.15) is 0 Å². The van der Waals surface area contributed by atoms with E-state index in [0.29, 0.717) is 12.8 Å². The van der Waals surface area contributed by atoms with E-state index in [2.05, 4.69) is 19.2 Å². The summed E-state index contributed by atoms with van der Waals surface area (Å²) in [5.74, 6) is -0.277. The fraction of sp³-hybridized carbons (Fsp3) is 0.979. The van der Waals surface area contributed by atoms with E-state index in [-0.39, 0.29) is 18.9 Å². The molecule has 0 fully saturated rings. The number of unbranched alkanes of at least 4 members (excludes halogenated alkanes) is 35. The molecule has 0 saturated heterocycles. The first-order chi connectivity index (χ1) is 25.5. The van der Waals surface area contributed by atoms with Crippen molar-refractivity contribution in [3.05, 3.63) is 0 Å². The standard InChI is InChI=1S/C47H95NO4/c1-3-5-7-9-11-13-15-17-18-19-20-21-22-23-24-25-26-27-29-30-32-34-36-38-40-44(50)42-47(52)48-45(43-49)46(51)41-39-37-35-33-31-28-16-14-12-10-8-6-4-2/h44-46,49-51H,3-43H2,1-2H3,(H,48,52). The molecular weight excluding hydrogens is 643 g/mol. The molecule has 3 unspecified atom stereocenters. The van der Waals surface area contributed by atoms with E-state index in [1.807, 2.05) is 0 Å². The van der Waals surface area contributed by atoms with Gasteiger partial charge in [0.15, 0.2) is 0 Å². The Morgan fingerprint density at radius 2 is 0.654 bits per heavy atom. The smallest absolute Gasteiger partial charge is 0.222 e. The van der Waals surface area contributed by atoms with Gasteiger partial charge in [-0.25, -0.2) is 0 Å². The number of hydrogen-bond acceptors (Lipinski definition) is 4. The highest BCUT2D eigenvalue weighted by molar-refractivity contribution is 5.76. The van der Waals surface area contributed by atoms with Crippen molar-refractivity contribution < 1.29 is 20.1 Å². The molecule has 0 spiro atoms. The number of rotatable bonds is 44. The Morgan fingerprint density at radius 3 is 0.923 bits per heavy atom. The molecule has 1 amide bonds. The van der Waals surface area contributed by atoms with Gasteiger partial charge in [-0.05, 0) is 12.8 Å². The summed E-state index contributed by atoms with van der Waals surface area (Å²) in [6.07, 6.45) is 49.4. The Hall–Kier alpha value is -0.650. The molecular formula is C47H95NO4. The number of amides is 1.